The first-order chi connectivity index (χ1) is 12.3. The van der Waals surface area contributed by atoms with Gasteiger partial charge < -0.3 is 4.98 Å². The van der Waals surface area contributed by atoms with Gasteiger partial charge in [0.05, 0.1) is 16.3 Å². The molecule has 0 bridgehead atoms. The van der Waals surface area contributed by atoms with Crippen LogP contribution in [-0.2, 0) is 6.54 Å². The molecule has 0 spiro atoms. The second-order valence-electron chi connectivity index (χ2n) is 6.39. The van der Waals surface area contributed by atoms with Crippen molar-refractivity contribution < 1.29 is 0 Å². The van der Waals surface area contributed by atoms with Gasteiger partial charge in [0.2, 0.25) is 0 Å². The molecular formula is C19H20N4OS. The fourth-order valence-corrected chi connectivity index (χ4v) is 4.05. The SMILES string of the molecule is O=c1cc([C@@H]2CCCN(Cc3ccccn3)C2)nc(-c2cccs2)[nH]1. The number of hydrogen-bond donors (Lipinski definition) is 1. The molecule has 0 radical (unpaired) electrons. The number of hydrogen-bond acceptors (Lipinski definition) is 5. The van der Waals surface area contributed by atoms with Crippen molar-refractivity contribution in [1.29, 1.82) is 0 Å². The third-order valence-corrected chi connectivity index (χ3v) is 5.43. The number of aromatic amines is 1. The molecule has 128 valence electrons. The van der Waals surface area contributed by atoms with Gasteiger partial charge in [0, 0.05) is 31.3 Å². The van der Waals surface area contributed by atoms with Crippen molar-refractivity contribution in [3.8, 4) is 10.7 Å². The lowest BCUT2D eigenvalue weighted by molar-refractivity contribution is 0.196. The van der Waals surface area contributed by atoms with Gasteiger partial charge in [-0.05, 0) is 43.0 Å². The van der Waals surface area contributed by atoms with Crippen molar-refractivity contribution in [3.05, 3.63) is 69.7 Å². The predicted octanol–water partition coefficient (Wildman–Crippen LogP) is 3.27. The van der Waals surface area contributed by atoms with Crippen LogP contribution in [0.3, 0.4) is 0 Å². The van der Waals surface area contributed by atoms with Gasteiger partial charge in [-0.15, -0.1) is 11.3 Å². The highest BCUT2D eigenvalue weighted by Gasteiger charge is 2.23. The summed E-state index contributed by atoms with van der Waals surface area (Å²) in [5, 5.41) is 2.00. The first kappa shape index (κ1) is 16.2. The Kier molecular flexibility index (Phi) is 4.72. The van der Waals surface area contributed by atoms with Gasteiger partial charge in [-0.25, -0.2) is 4.98 Å². The fourth-order valence-electron chi connectivity index (χ4n) is 3.38. The topological polar surface area (TPSA) is 61.9 Å². The number of pyridine rings is 1. The average Bonchev–Trinajstić information content (AvgIpc) is 3.17. The smallest absolute Gasteiger partial charge is 0.251 e. The van der Waals surface area contributed by atoms with E-state index in [4.69, 9.17) is 4.98 Å². The Bertz CT molecular complexity index is 876. The van der Waals surface area contributed by atoms with E-state index in [1.54, 1.807) is 17.4 Å². The molecule has 25 heavy (non-hydrogen) atoms. The quantitative estimate of drug-likeness (QED) is 0.783. The van der Waals surface area contributed by atoms with Gasteiger partial charge in [-0.2, -0.15) is 0 Å². The Hall–Kier alpha value is -2.31. The van der Waals surface area contributed by atoms with Crippen molar-refractivity contribution in [2.75, 3.05) is 13.1 Å². The van der Waals surface area contributed by atoms with Gasteiger partial charge in [-0.1, -0.05) is 12.1 Å². The summed E-state index contributed by atoms with van der Waals surface area (Å²) in [4.78, 5) is 27.5. The van der Waals surface area contributed by atoms with Crippen molar-refractivity contribution in [2.24, 2.45) is 0 Å². The van der Waals surface area contributed by atoms with Gasteiger partial charge in [-0.3, -0.25) is 14.7 Å². The minimum Gasteiger partial charge on any atom is -0.306 e. The molecule has 0 unspecified atom stereocenters. The predicted molar refractivity (Wildman–Crippen MR) is 99.7 cm³/mol. The molecule has 1 fully saturated rings. The van der Waals surface area contributed by atoms with E-state index in [9.17, 15) is 4.79 Å². The molecule has 0 amide bonds. The number of likely N-dealkylation sites (tertiary alicyclic amines) is 1. The first-order valence-electron chi connectivity index (χ1n) is 8.55. The van der Waals surface area contributed by atoms with Gasteiger partial charge in [0.25, 0.3) is 5.56 Å². The molecule has 3 aromatic rings. The molecule has 0 saturated carbocycles. The van der Waals surface area contributed by atoms with Crippen LogP contribution < -0.4 is 5.56 Å². The zero-order valence-electron chi connectivity index (χ0n) is 13.9. The second kappa shape index (κ2) is 7.29. The number of nitrogens with zero attached hydrogens (tertiary/aromatic N) is 3. The summed E-state index contributed by atoms with van der Waals surface area (Å²) in [6.07, 6.45) is 4.02. The van der Waals surface area contributed by atoms with Gasteiger partial charge in [0.15, 0.2) is 0 Å². The summed E-state index contributed by atoms with van der Waals surface area (Å²) in [5.41, 5.74) is 1.91. The molecule has 6 heteroatoms. The van der Waals surface area contributed by atoms with Crippen LogP contribution in [0.4, 0.5) is 0 Å². The van der Waals surface area contributed by atoms with Crippen LogP contribution in [0, 0.1) is 0 Å². The van der Waals surface area contributed by atoms with Crippen LogP contribution >= 0.6 is 11.3 Å². The van der Waals surface area contributed by atoms with E-state index < -0.39 is 0 Å². The molecule has 1 N–H and O–H groups in total. The highest BCUT2D eigenvalue weighted by atomic mass is 32.1. The number of aromatic nitrogens is 3. The molecule has 5 nitrogen and oxygen atoms in total. The summed E-state index contributed by atoms with van der Waals surface area (Å²) in [6, 6.07) is 11.6. The second-order valence-corrected chi connectivity index (χ2v) is 7.34. The van der Waals surface area contributed by atoms with Crippen molar-refractivity contribution in [3.63, 3.8) is 0 Å². The highest BCUT2D eigenvalue weighted by Crippen LogP contribution is 2.27. The van der Waals surface area contributed by atoms with Crippen molar-refractivity contribution in [1.82, 2.24) is 19.9 Å². The number of H-pyrrole nitrogens is 1. The van der Waals surface area contributed by atoms with E-state index in [0.717, 1.165) is 48.7 Å². The van der Waals surface area contributed by atoms with Crippen molar-refractivity contribution in [2.45, 2.75) is 25.3 Å². The van der Waals surface area contributed by atoms with E-state index in [0.29, 0.717) is 11.7 Å². The number of piperidine rings is 1. The van der Waals surface area contributed by atoms with E-state index in [2.05, 4.69) is 20.9 Å². The van der Waals surface area contributed by atoms with E-state index in [1.165, 1.54) is 0 Å². The van der Waals surface area contributed by atoms with Crippen molar-refractivity contribution >= 4 is 11.3 Å². The van der Waals surface area contributed by atoms with Crippen LogP contribution in [0.15, 0.2) is 52.8 Å². The molecule has 1 aliphatic rings. The number of thiophene rings is 1. The Morgan fingerprint density at radius 2 is 2.24 bits per heavy atom. The lowest BCUT2D eigenvalue weighted by Gasteiger charge is -2.32. The Morgan fingerprint density at radius 3 is 3.04 bits per heavy atom. The summed E-state index contributed by atoms with van der Waals surface area (Å²) in [7, 11) is 0. The van der Waals surface area contributed by atoms with Crippen LogP contribution in [0.25, 0.3) is 10.7 Å². The maximum Gasteiger partial charge on any atom is 0.251 e. The van der Waals surface area contributed by atoms with Crippen LogP contribution in [0.5, 0.6) is 0 Å². The molecule has 0 aromatic carbocycles. The van der Waals surface area contributed by atoms with E-state index >= 15 is 0 Å². The average molecular weight is 352 g/mol. The lowest BCUT2D eigenvalue weighted by atomic mass is 9.94. The first-order valence-corrected chi connectivity index (χ1v) is 9.43. The van der Waals surface area contributed by atoms with E-state index in [1.807, 2.05) is 35.8 Å². The summed E-state index contributed by atoms with van der Waals surface area (Å²) in [5.74, 6) is 0.970. The maximum atomic E-state index is 12.1. The number of rotatable bonds is 4. The molecule has 0 aliphatic carbocycles. The van der Waals surface area contributed by atoms with Gasteiger partial charge in [0.1, 0.15) is 5.82 Å². The lowest BCUT2D eigenvalue weighted by Crippen LogP contribution is -2.34. The Labute approximate surface area is 150 Å². The van der Waals surface area contributed by atoms with Gasteiger partial charge >= 0.3 is 0 Å². The zero-order chi connectivity index (χ0) is 17.1. The molecule has 1 saturated heterocycles. The number of nitrogens with one attached hydrogen (secondary N) is 1. The third kappa shape index (κ3) is 3.86. The van der Waals surface area contributed by atoms with Crippen LogP contribution in [0.2, 0.25) is 0 Å². The molecule has 3 aromatic heterocycles. The zero-order valence-corrected chi connectivity index (χ0v) is 14.7. The Balaban J connectivity index is 1.54. The highest BCUT2D eigenvalue weighted by molar-refractivity contribution is 7.13. The monoisotopic (exact) mass is 352 g/mol. The largest absolute Gasteiger partial charge is 0.306 e. The summed E-state index contributed by atoms with van der Waals surface area (Å²) >= 11 is 1.59. The Morgan fingerprint density at radius 1 is 1.28 bits per heavy atom. The fraction of sp³-hybridized carbons (Fsp3) is 0.316. The molecule has 1 aliphatic heterocycles. The van der Waals surface area contributed by atoms with E-state index in [-0.39, 0.29) is 5.56 Å². The molecule has 4 rings (SSSR count). The molecule has 1 atom stereocenters. The van der Waals surface area contributed by atoms with Crippen LogP contribution in [0.1, 0.15) is 30.1 Å². The minimum atomic E-state index is -0.0738. The third-order valence-electron chi connectivity index (χ3n) is 4.55. The summed E-state index contributed by atoms with van der Waals surface area (Å²) < 4.78 is 0. The minimum absolute atomic E-state index is 0.0738. The summed E-state index contributed by atoms with van der Waals surface area (Å²) in [6.45, 7) is 2.82. The normalized spacial score (nSPS) is 18.3. The standard InChI is InChI=1S/C19H20N4OS/c24-18-11-16(21-19(22-18)17-7-4-10-25-17)14-5-3-9-23(12-14)13-15-6-1-2-8-20-15/h1-2,4,6-8,10-11,14H,3,5,9,12-13H2,(H,21,22,24)/t14-/m1/s1. The molecular weight excluding hydrogens is 332 g/mol. The maximum absolute atomic E-state index is 12.1. The van der Waals surface area contributed by atoms with Crippen LogP contribution in [-0.4, -0.2) is 32.9 Å². The molecule has 4 heterocycles.